The van der Waals surface area contributed by atoms with E-state index in [0.29, 0.717) is 16.5 Å². The topological polar surface area (TPSA) is 57.6 Å². The van der Waals surface area contributed by atoms with E-state index >= 15 is 0 Å². The Labute approximate surface area is 158 Å². The lowest BCUT2D eigenvalue weighted by Gasteiger charge is -2.34. The third-order valence-electron chi connectivity index (χ3n) is 5.58. The zero-order valence-electron chi connectivity index (χ0n) is 14.1. The lowest BCUT2D eigenvalue weighted by molar-refractivity contribution is -0.139. The quantitative estimate of drug-likeness (QED) is 0.818. The average Bonchev–Trinajstić information content (AvgIpc) is 2.92. The minimum Gasteiger partial charge on any atom is -0.481 e. The molecule has 2 fully saturated rings. The molecule has 136 valence electrons. The maximum absolute atomic E-state index is 12.8. The van der Waals surface area contributed by atoms with Gasteiger partial charge in [0.05, 0.1) is 0 Å². The fourth-order valence-electron chi connectivity index (χ4n) is 4.20. The van der Waals surface area contributed by atoms with Crippen LogP contribution in [0.3, 0.4) is 0 Å². The van der Waals surface area contributed by atoms with E-state index in [-0.39, 0.29) is 30.2 Å². The number of aliphatic carboxylic acids is 1. The second-order valence-corrected chi connectivity index (χ2v) is 8.01. The van der Waals surface area contributed by atoms with Crippen molar-refractivity contribution in [3.05, 3.63) is 33.8 Å². The van der Waals surface area contributed by atoms with Crippen LogP contribution < -0.4 is 0 Å². The first kappa shape index (κ1) is 18.5. The van der Waals surface area contributed by atoms with E-state index < -0.39 is 5.97 Å². The summed E-state index contributed by atoms with van der Waals surface area (Å²) in [7, 11) is 0. The van der Waals surface area contributed by atoms with E-state index in [2.05, 4.69) is 0 Å². The molecule has 0 spiro atoms. The summed E-state index contributed by atoms with van der Waals surface area (Å²) < 4.78 is 0. The molecule has 1 saturated heterocycles. The standard InChI is InChI=1S/C19H23Cl2NO3/c20-16-2-1-3-17(21)15(16)11-13-8-9-22(19(13)25)14-6-4-12(5-7-14)10-18(23)24/h1-3,12-14H,4-11H2,(H,23,24). The number of nitrogens with zero attached hydrogens (tertiary/aromatic N) is 1. The van der Waals surface area contributed by atoms with Crippen LogP contribution in [0.15, 0.2) is 18.2 Å². The third kappa shape index (κ3) is 4.29. The van der Waals surface area contributed by atoms with Crippen LogP contribution >= 0.6 is 23.2 Å². The van der Waals surface area contributed by atoms with Crippen LogP contribution in [0.4, 0.5) is 0 Å². The van der Waals surface area contributed by atoms with Gasteiger partial charge in [-0.15, -0.1) is 0 Å². The maximum Gasteiger partial charge on any atom is 0.303 e. The Morgan fingerprint density at radius 3 is 2.36 bits per heavy atom. The molecule has 3 rings (SSSR count). The molecule has 0 radical (unpaired) electrons. The van der Waals surface area contributed by atoms with E-state index in [1.165, 1.54) is 0 Å². The number of halogens is 2. The van der Waals surface area contributed by atoms with Gasteiger partial charge in [0.2, 0.25) is 5.91 Å². The predicted molar refractivity (Wildman–Crippen MR) is 98.0 cm³/mol. The molecule has 2 aliphatic rings. The van der Waals surface area contributed by atoms with Crippen LogP contribution in [0.5, 0.6) is 0 Å². The molecular weight excluding hydrogens is 361 g/mol. The van der Waals surface area contributed by atoms with Gasteiger partial charge in [-0.25, -0.2) is 0 Å². The summed E-state index contributed by atoms with van der Waals surface area (Å²) in [4.78, 5) is 25.7. The number of hydrogen-bond acceptors (Lipinski definition) is 2. The number of rotatable bonds is 5. The van der Waals surface area contributed by atoms with Gasteiger partial charge in [0.25, 0.3) is 0 Å². The summed E-state index contributed by atoms with van der Waals surface area (Å²) in [5, 5.41) is 10.2. The largest absolute Gasteiger partial charge is 0.481 e. The first-order valence-electron chi connectivity index (χ1n) is 8.91. The SMILES string of the molecule is O=C(O)CC1CCC(N2CCC(Cc3c(Cl)cccc3Cl)C2=O)CC1. The lowest BCUT2D eigenvalue weighted by Crippen LogP contribution is -2.40. The van der Waals surface area contributed by atoms with Crippen molar-refractivity contribution in [1.82, 2.24) is 4.90 Å². The van der Waals surface area contributed by atoms with Crippen molar-refractivity contribution in [2.75, 3.05) is 6.54 Å². The average molecular weight is 384 g/mol. The summed E-state index contributed by atoms with van der Waals surface area (Å²) in [6.45, 7) is 0.778. The highest BCUT2D eigenvalue weighted by Crippen LogP contribution is 2.35. The van der Waals surface area contributed by atoms with Gasteiger partial charge < -0.3 is 10.0 Å². The van der Waals surface area contributed by atoms with Gasteiger partial charge in [-0.2, -0.15) is 0 Å². The minimum atomic E-state index is -0.725. The van der Waals surface area contributed by atoms with Gasteiger partial charge in [-0.3, -0.25) is 9.59 Å². The molecule has 1 unspecified atom stereocenters. The molecule has 0 bridgehead atoms. The van der Waals surface area contributed by atoms with Crippen molar-refractivity contribution < 1.29 is 14.7 Å². The first-order chi connectivity index (χ1) is 12.0. The second kappa shape index (κ2) is 7.96. The minimum absolute atomic E-state index is 0.0610. The molecule has 1 N–H and O–H groups in total. The molecule has 25 heavy (non-hydrogen) atoms. The van der Waals surface area contributed by atoms with Gasteiger partial charge in [-0.1, -0.05) is 29.3 Å². The molecule has 1 atom stereocenters. The van der Waals surface area contributed by atoms with Crippen LogP contribution in [-0.2, 0) is 16.0 Å². The summed E-state index contributed by atoms with van der Waals surface area (Å²) in [6, 6.07) is 5.68. The van der Waals surface area contributed by atoms with Crippen LogP contribution in [-0.4, -0.2) is 34.5 Å². The lowest BCUT2D eigenvalue weighted by atomic mass is 9.83. The monoisotopic (exact) mass is 383 g/mol. The Hall–Kier alpha value is -1.26. The Bertz CT molecular complexity index is 636. The van der Waals surface area contributed by atoms with E-state index in [1.807, 2.05) is 23.1 Å². The predicted octanol–water partition coefficient (Wildman–Crippen LogP) is 4.42. The van der Waals surface area contributed by atoms with E-state index in [4.69, 9.17) is 28.3 Å². The fraction of sp³-hybridized carbons (Fsp3) is 0.579. The molecule has 6 heteroatoms. The summed E-state index contributed by atoms with van der Waals surface area (Å²) >= 11 is 12.5. The summed E-state index contributed by atoms with van der Waals surface area (Å²) in [5.74, 6) is -0.339. The summed E-state index contributed by atoms with van der Waals surface area (Å²) in [6.07, 6.45) is 5.25. The molecule has 1 aliphatic carbocycles. The number of carboxylic acids is 1. The van der Waals surface area contributed by atoms with Crippen molar-refractivity contribution in [3.63, 3.8) is 0 Å². The van der Waals surface area contributed by atoms with Crippen molar-refractivity contribution in [3.8, 4) is 0 Å². The molecule has 4 nitrogen and oxygen atoms in total. The van der Waals surface area contributed by atoms with Crippen LogP contribution in [0.25, 0.3) is 0 Å². The number of carbonyl (C=O) groups is 2. The summed E-state index contributed by atoms with van der Waals surface area (Å²) in [5.41, 5.74) is 0.858. The number of benzene rings is 1. The molecule has 1 aromatic rings. The Morgan fingerprint density at radius 2 is 1.76 bits per heavy atom. The van der Waals surface area contributed by atoms with Crippen LogP contribution in [0.2, 0.25) is 10.0 Å². The number of amides is 1. The van der Waals surface area contributed by atoms with E-state index in [9.17, 15) is 9.59 Å². The number of carbonyl (C=O) groups excluding carboxylic acids is 1. The van der Waals surface area contributed by atoms with Crippen molar-refractivity contribution >= 4 is 35.1 Å². The molecule has 1 heterocycles. The molecule has 0 aromatic heterocycles. The number of carboxylic acid groups (broad SMARTS) is 1. The van der Waals surface area contributed by atoms with E-state index in [1.54, 1.807) is 0 Å². The Morgan fingerprint density at radius 1 is 1.12 bits per heavy atom. The highest BCUT2D eigenvalue weighted by atomic mass is 35.5. The van der Waals surface area contributed by atoms with Gasteiger partial charge >= 0.3 is 5.97 Å². The molecule has 1 saturated carbocycles. The first-order valence-corrected chi connectivity index (χ1v) is 9.66. The van der Waals surface area contributed by atoms with Crippen molar-refractivity contribution in [2.45, 2.75) is 51.0 Å². The van der Waals surface area contributed by atoms with Crippen molar-refractivity contribution in [2.24, 2.45) is 11.8 Å². The maximum atomic E-state index is 12.8. The molecule has 1 aromatic carbocycles. The molecular formula is C19H23Cl2NO3. The third-order valence-corrected chi connectivity index (χ3v) is 6.29. The zero-order valence-corrected chi connectivity index (χ0v) is 15.6. The van der Waals surface area contributed by atoms with Gasteiger partial charge in [0, 0.05) is 35.0 Å². The highest BCUT2D eigenvalue weighted by molar-refractivity contribution is 6.36. The molecule has 1 aliphatic heterocycles. The number of likely N-dealkylation sites (tertiary alicyclic amines) is 1. The van der Waals surface area contributed by atoms with Gasteiger partial charge in [-0.05, 0) is 62.1 Å². The smallest absolute Gasteiger partial charge is 0.303 e. The Balaban J connectivity index is 1.58. The zero-order chi connectivity index (χ0) is 18.0. The molecule has 1 amide bonds. The second-order valence-electron chi connectivity index (χ2n) is 7.19. The van der Waals surface area contributed by atoms with Crippen molar-refractivity contribution in [1.29, 1.82) is 0 Å². The van der Waals surface area contributed by atoms with Crippen LogP contribution in [0, 0.1) is 11.8 Å². The fourth-order valence-corrected chi connectivity index (χ4v) is 4.75. The highest BCUT2D eigenvalue weighted by Gasteiger charge is 2.37. The number of hydrogen-bond donors (Lipinski definition) is 1. The van der Waals surface area contributed by atoms with Gasteiger partial charge in [0.1, 0.15) is 0 Å². The van der Waals surface area contributed by atoms with Crippen LogP contribution in [0.1, 0.15) is 44.1 Å². The Kier molecular flexibility index (Phi) is 5.90. The normalized spacial score (nSPS) is 26.9. The van der Waals surface area contributed by atoms with E-state index in [0.717, 1.165) is 44.2 Å². The van der Waals surface area contributed by atoms with Gasteiger partial charge in [0.15, 0.2) is 0 Å².